The molecule has 2 rings (SSSR count). The monoisotopic (exact) mass is 762 g/mol. The fourth-order valence-electron chi connectivity index (χ4n) is 6.34. The van der Waals surface area contributed by atoms with Crippen molar-refractivity contribution in [1.29, 1.82) is 0 Å². The first-order valence-electron chi connectivity index (χ1n) is 19.4. The molecule has 0 aromatic carbocycles. The number of methoxy groups -OCH3 is 1. The van der Waals surface area contributed by atoms with Crippen LogP contribution in [0.15, 0.2) is 23.5 Å². The zero-order valence-corrected chi connectivity index (χ0v) is 32.9. The summed E-state index contributed by atoms with van der Waals surface area (Å²) in [5.41, 5.74) is 1.45. The van der Waals surface area contributed by atoms with Crippen LogP contribution in [-0.4, -0.2) is 189 Å². The SMILES string of the molecule is CCCCOC1[C@@H](O)N(CC(=O)NCCN(CCN[C@H](O)CN2C(C)=C[C@@H](CO)C(OCCCC)[C@H]2O)CCOCCOCCOC)C(C)=C[C@H]1CO. The summed E-state index contributed by atoms with van der Waals surface area (Å²) in [4.78, 5) is 18.4. The van der Waals surface area contributed by atoms with Gasteiger partial charge in [-0.2, -0.15) is 0 Å². The molecule has 7 N–H and O–H groups in total. The van der Waals surface area contributed by atoms with E-state index in [0.717, 1.165) is 31.4 Å². The number of hydrogen-bond donors (Lipinski definition) is 7. The van der Waals surface area contributed by atoms with Gasteiger partial charge < -0.3 is 64.3 Å². The number of allylic oxidation sites excluding steroid dienone is 2. The molecule has 0 aromatic rings. The van der Waals surface area contributed by atoms with Crippen LogP contribution in [0.2, 0.25) is 0 Å². The molecular weight excluding hydrogens is 690 g/mol. The van der Waals surface area contributed by atoms with Crippen molar-refractivity contribution in [2.45, 2.75) is 84.3 Å². The zero-order chi connectivity index (χ0) is 39.0. The lowest BCUT2D eigenvalue weighted by Gasteiger charge is -2.42. The molecule has 1 amide bonds. The number of aliphatic hydroxyl groups excluding tert-OH is 5. The number of ether oxygens (including phenoxy) is 5. The molecule has 16 heteroatoms. The predicted octanol–water partition coefficient (Wildman–Crippen LogP) is -0.345. The second-order valence-corrected chi connectivity index (χ2v) is 13.7. The molecule has 310 valence electrons. The minimum absolute atomic E-state index is 0.0605. The molecule has 2 aliphatic rings. The fourth-order valence-corrected chi connectivity index (χ4v) is 6.34. The van der Waals surface area contributed by atoms with E-state index >= 15 is 0 Å². The Hall–Kier alpha value is -1.93. The van der Waals surface area contributed by atoms with E-state index in [1.54, 1.807) is 16.9 Å². The van der Waals surface area contributed by atoms with Crippen molar-refractivity contribution in [3.05, 3.63) is 23.5 Å². The molecule has 0 saturated carbocycles. The minimum Gasteiger partial charge on any atom is -0.396 e. The molecule has 2 heterocycles. The average Bonchev–Trinajstić information content (AvgIpc) is 3.14. The van der Waals surface area contributed by atoms with Gasteiger partial charge in [0.15, 0.2) is 12.5 Å². The summed E-state index contributed by atoms with van der Waals surface area (Å²) in [6.07, 6.45) is 3.03. The van der Waals surface area contributed by atoms with Gasteiger partial charge in [0.05, 0.1) is 59.3 Å². The largest absolute Gasteiger partial charge is 0.396 e. The van der Waals surface area contributed by atoms with Crippen LogP contribution in [0.3, 0.4) is 0 Å². The third-order valence-corrected chi connectivity index (χ3v) is 9.52. The minimum atomic E-state index is -1.06. The summed E-state index contributed by atoms with van der Waals surface area (Å²) in [7, 11) is 1.62. The highest BCUT2D eigenvalue weighted by atomic mass is 16.5. The van der Waals surface area contributed by atoms with E-state index < -0.39 is 30.9 Å². The van der Waals surface area contributed by atoms with Crippen LogP contribution < -0.4 is 10.6 Å². The Labute approximate surface area is 317 Å². The first kappa shape index (κ1) is 47.2. The lowest BCUT2D eigenvalue weighted by Crippen LogP contribution is -2.55. The van der Waals surface area contributed by atoms with Crippen LogP contribution >= 0.6 is 0 Å². The van der Waals surface area contributed by atoms with Gasteiger partial charge in [-0.05, 0) is 26.7 Å². The summed E-state index contributed by atoms with van der Waals surface area (Å²) in [6, 6.07) is 0. The summed E-state index contributed by atoms with van der Waals surface area (Å²) in [5.74, 6) is -0.943. The number of β-amino-alcohol motifs (C(OH)–C–C–N with tert-alkyl or cyclic N) is 1. The Morgan fingerprint density at radius 1 is 0.792 bits per heavy atom. The molecule has 0 fully saturated rings. The Morgan fingerprint density at radius 2 is 1.32 bits per heavy atom. The van der Waals surface area contributed by atoms with E-state index in [1.165, 1.54) is 0 Å². The number of hydrogen-bond acceptors (Lipinski definition) is 15. The highest BCUT2D eigenvalue weighted by molar-refractivity contribution is 5.78. The van der Waals surface area contributed by atoms with Crippen molar-refractivity contribution in [3.8, 4) is 0 Å². The van der Waals surface area contributed by atoms with E-state index in [2.05, 4.69) is 29.4 Å². The third kappa shape index (κ3) is 17.2. The van der Waals surface area contributed by atoms with Crippen LogP contribution in [-0.2, 0) is 28.5 Å². The lowest BCUT2D eigenvalue weighted by molar-refractivity contribution is -0.142. The van der Waals surface area contributed by atoms with Crippen LogP contribution in [0.25, 0.3) is 0 Å². The maximum Gasteiger partial charge on any atom is 0.239 e. The molecular formula is C37H71N5O11. The second kappa shape index (κ2) is 27.6. The first-order chi connectivity index (χ1) is 25.6. The Balaban J connectivity index is 1.92. The van der Waals surface area contributed by atoms with Gasteiger partial charge in [-0.25, -0.2) is 0 Å². The molecule has 0 aromatic heterocycles. The Morgan fingerprint density at radius 3 is 1.89 bits per heavy atom. The normalized spacial score (nSPS) is 24.1. The van der Waals surface area contributed by atoms with E-state index in [0.29, 0.717) is 84.7 Å². The van der Waals surface area contributed by atoms with E-state index in [4.69, 9.17) is 23.7 Å². The average molecular weight is 762 g/mol. The van der Waals surface area contributed by atoms with E-state index in [-0.39, 0.29) is 44.0 Å². The van der Waals surface area contributed by atoms with Crippen molar-refractivity contribution in [3.63, 3.8) is 0 Å². The maximum atomic E-state index is 13.0. The molecule has 0 radical (unpaired) electrons. The molecule has 16 nitrogen and oxygen atoms in total. The number of nitrogens with zero attached hydrogens (tertiary/aromatic N) is 3. The highest BCUT2D eigenvalue weighted by Crippen LogP contribution is 2.28. The van der Waals surface area contributed by atoms with E-state index in [9.17, 15) is 30.3 Å². The molecule has 7 atom stereocenters. The number of aliphatic hydroxyl groups is 5. The van der Waals surface area contributed by atoms with Crippen molar-refractivity contribution in [1.82, 2.24) is 25.3 Å². The molecule has 2 aliphatic heterocycles. The van der Waals surface area contributed by atoms with Gasteiger partial charge in [0.25, 0.3) is 0 Å². The summed E-state index contributed by atoms with van der Waals surface area (Å²) < 4.78 is 28.1. The van der Waals surface area contributed by atoms with Crippen LogP contribution in [0, 0.1) is 11.8 Å². The van der Waals surface area contributed by atoms with Crippen molar-refractivity contribution in [2.75, 3.05) is 112 Å². The number of carbonyl (C=O) groups excluding carboxylic acids is 1. The third-order valence-electron chi connectivity index (χ3n) is 9.52. The van der Waals surface area contributed by atoms with Crippen LogP contribution in [0.5, 0.6) is 0 Å². The van der Waals surface area contributed by atoms with E-state index in [1.807, 2.05) is 26.0 Å². The maximum absolute atomic E-state index is 13.0. The summed E-state index contributed by atoms with van der Waals surface area (Å²) in [5, 5.41) is 59.0. The van der Waals surface area contributed by atoms with Gasteiger partial charge in [0, 0.05) is 76.3 Å². The summed E-state index contributed by atoms with van der Waals surface area (Å²) >= 11 is 0. The lowest BCUT2D eigenvalue weighted by atomic mass is 9.95. The van der Waals surface area contributed by atoms with Crippen molar-refractivity contribution in [2.24, 2.45) is 11.8 Å². The number of carbonyl (C=O) groups is 1. The van der Waals surface area contributed by atoms with Gasteiger partial charge in [0.2, 0.25) is 5.91 Å². The molecule has 0 bridgehead atoms. The molecule has 53 heavy (non-hydrogen) atoms. The molecule has 0 spiro atoms. The summed E-state index contributed by atoms with van der Waals surface area (Å²) in [6.45, 7) is 13.2. The van der Waals surface area contributed by atoms with Crippen LogP contribution in [0.4, 0.5) is 0 Å². The van der Waals surface area contributed by atoms with Crippen molar-refractivity contribution >= 4 is 5.91 Å². The van der Waals surface area contributed by atoms with Gasteiger partial charge in [0.1, 0.15) is 18.4 Å². The van der Waals surface area contributed by atoms with Crippen LogP contribution in [0.1, 0.15) is 53.4 Å². The predicted molar refractivity (Wildman–Crippen MR) is 200 cm³/mol. The standard InChI is InChI=1S/C37H71N5O11/c1-6-8-15-52-34-30(26-43)22-28(3)41(36(34)47)24-32(45)38-10-12-40(14-17-50-20-21-51-19-18-49-5)13-11-39-33(46)25-42-29(4)23-31(27-44)35(37(42)48)53-16-9-7-2/h22-23,30-32,34-38,43-45,47-48H,6-21,24-27H2,1-5H3,(H,39,46)/t30-,31-,32+,34?,35?,36+,37+/m0/s1. The molecule has 0 aliphatic carbocycles. The first-order valence-corrected chi connectivity index (χ1v) is 19.4. The number of unbranched alkanes of at least 4 members (excludes halogenated alkanes) is 2. The Bertz CT molecular complexity index is 1040. The quantitative estimate of drug-likeness (QED) is 0.0371. The smallest absolute Gasteiger partial charge is 0.239 e. The van der Waals surface area contributed by atoms with Gasteiger partial charge in [-0.15, -0.1) is 0 Å². The number of rotatable bonds is 30. The number of amides is 1. The highest BCUT2D eigenvalue weighted by Gasteiger charge is 2.38. The number of nitrogens with one attached hydrogen (secondary N) is 2. The fraction of sp³-hybridized carbons (Fsp3) is 0.865. The zero-order valence-electron chi connectivity index (χ0n) is 32.9. The van der Waals surface area contributed by atoms with Crippen molar-refractivity contribution < 1.29 is 54.0 Å². The van der Waals surface area contributed by atoms with Gasteiger partial charge in [-0.1, -0.05) is 38.8 Å². The van der Waals surface area contributed by atoms with Gasteiger partial charge >= 0.3 is 0 Å². The topological polar surface area (TPSA) is 198 Å². The Kier molecular flexibility index (Phi) is 24.6. The second-order valence-electron chi connectivity index (χ2n) is 13.7. The molecule has 2 unspecified atom stereocenters. The van der Waals surface area contributed by atoms with Gasteiger partial charge in [-0.3, -0.25) is 15.0 Å². The molecule has 0 saturated heterocycles.